The Labute approximate surface area is 292 Å². The van der Waals surface area contributed by atoms with Gasteiger partial charge in [0.25, 0.3) is 0 Å². The van der Waals surface area contributed by atoms with Crippen molar-refractivity contribution in [2.75, 3.05) is 0 Å². The highest BCUT2D eigenvalue weighted by Gasteiger charge is 2.19. The van der Waals surface area contributed by atoms with E-state index in [1.807, 2.05) is 72.8 Å². The molecule has 0 saturated carbocycles. The third-order valence-corrected chi connectivity index (χ3v) is 10.6. The Morgan fingerprint density at radius 3 is 1.70 bits per heavy atom. The van der Waals surface area contributed by atoms with Gasteiger partial charge in [0.1, 0.15) is 11.2 Å². The van der Waals surface area contributed by atoms with E-state index in [-0.39, 0.29) is 0 Å². The number of hydrogen-bond acceptors (Lipinski definition) is 5. The summed E-state index contributed by atoms with van der Waals surface area (Å²) in [6, 6.07) is 56.8. The molecule has 3 heterocycles. The fraction of sp³-hybridized carbons (Fsp3) is 0. The molecule has 0 bridgehead atoms. The Balaban J connectivity index is 1.16. The van der Waals surface area contributed by atoms with Crippen molar-refractivity contribution in [1.82, 2.24) is 15.0 Å². The standard InChI is InChI=1S/C45H27N3OS/c1-4-13-28(14-5-1)36-26-32(27-38-33-19-10-11-22-39(33)49-41(36)38)31-23-24-40-37(25-31)34-20-12-21-35(42(34)50-40)45-47-43(29-15-6-2-7-16-29)46-44(48-45)30-17-8-3-9-18-30/h1-27H. The maximum absolute atomic E-state index is 6.46. The highest BCUT2D eigenvalue weighted by Crippen LogP contribution is 2.43. The van der Waals surface area contributed by atoms with Crippen LogP contribution in [-0.4, -0.2) is 15.0 Å². The molecular formula is C45H27N3OS. The molecule has 7 aromatic carbocycles. The Bertz CT molecular complexity index is 2800. The van der Waals surface area contributed by atoms with E-state index < -0.39 is 0 Å². The first-order valence-corrected chi connectivity index (χ1v) is 17.4. The first-order valence-electron chi connectivity index (χ1n) is 16.6. The SMILES string of the molecule is c1ccc(-c2nc(-c3ccccc3)nc(-c3cccc4c3sc3ccc(-c5cc(-c6ccccc6)c6oc7ccccc7c6c5)cc34)n2)cc1. The highest BCUT2D eigenvalue weighted by molar-refractivity contribution is 7.26. The average Bonchev–Trinajstić information content (AvgIpc) is 3.76. The van der Waals surface area contributed by atoms with Gasteiger partial charge in [-0.1, -0.05) is 127 Å². The summed E-state index contributed by atoms with van der Waals surface area (Å²) in [5.41, 5.74) is 9.25. The minimum absolute atomic E-state index is 0.659. The van der Waals surface area contributed by atoms with Crippen LogP contribution in [0.1, 0.15) is 0 Å². The maximum atomic E-state index is 6.46. The lowest BCUT2D eigenvalue weighted by molar-refractivity contribution is 0.670. The molecular weight excluding hydrogens is 631 g/mol. The zero-order valence-electron chi connectivity index (χ0n) is 26.7. The van der Waals surface area contributed by atoms with Crippen LogP contribution in [0.2, 0.25) is 0 Å². The molecule has 0 spiro atoms. The number of nitrogens with zero attached hydrogens (tertiary/aromatic N) is 3. The summed E-state index contributed by atoms with van der Waals surface area (Å²) in [4.78, 5) is 15.0. The van der Waals surface area contributed by atoms with Crippen LogP contribution in [0, 0.1) is 0 Å². The Morgan fingerprint density at radius 2 is 0.980 bits per heavy atom. The minimum atomic E-state index is 0.659. The van der Waals surface area contributed by atoms with Gasteiger partial charge in [0.15, 0.2) is 17.5 Å². The van der Waals surface area contributed by atoms with E-state index in [4.69, 9.17) is 19.4 Å². The van der Waals surface area contributed by atoms with Crippen molar-refractivity contribution in [3.8, 4) is 56.4 Å². The van der Waals surface area contributed by atoms with Gasteiger partial charge in [-0.2, -0.15) is 0 Å². The molecule has 0 aliphatic rings. The normalized spacial score (nSPS) is 11.6. The van der Waals surface area contributed by atoms with Gasteiger partial charge in [0, 0.05) is 53.2 Å². The van der Waals surface area contributed by atoms with Crippen LogP contribution in [0.25, 0.3) is 98.5 Å². The van der Waals surface area contributed by atoms with E-state index in [0.717, 1.165) is 65.6 Å². The molecule has 0 saturated heterocycles. The molecule has 3 aromatic heterocycles. The smallest absolute Gasteiger partial charge is 0.165 e. The van der Waals surface area contributed by atoms with Crippen LogP contribution in [0.5, 0.6) is 0 Å². The van der Waals surface area contributed by atoms with E-state index in [1.165, 1.54) is 15.5 Å². The third kappa shape index (κ3) is 4.79. The van der Waals surface area contributed by atoms with Crippen LogP contribution >= 0.6 is 11.3 Å². The molecule has 0 radical (unpaired) electrons. The lowest BCUT2D eigenvalue weighted by atomic mass is 9.95. The summed E-state index contributed by atoms with van der Waals surface area (Å²) in [5.74, 6) is 1.98. The second-order valence-electron chi connectivity index (χ2n) is 12.4. The first-order chi connectivity index (χ1) is 24.8. The number of thiophene rings is 1. The predicted octanol–water partition coefficient (Wildman–Crippen LogP) is 12.5. The number of furan rings is 1. The van der Waals surface area contributed by atoms with Gasteiger partial charge in [-0.25, -0.2) is 15.0 Å². The Morgan fingerprint density at radius 1 is 0.380 bits per heavy atom. The van der Waals surface area contributed by atoms with Crippen molar-refractivity contribution in [2.24, 2.45) is 0 Å². The van der Waals surface area contributed by atoms with Crippen LogP contribution in [-0.2, 0) is 0 Å². The summed E-state index contributed by atoms with van der Waals surface area (Å²) < 4.78 is 8.83. The monoisotopic (exact) mass is 657 g/mol. The van der Waals surface area contributed by atoms with Crippen LogP contribution in [0.15, 0.2) is 168 Å². The molecule has 0 amide bonds. The van der Waals surface area contributed by atoms with Crippen LogP contribution < -0.4 is 0 Å². The lowest BCUT2D eigenvalue weighted by Crippen LogP contribution is -2.00. The van der Waals surface area contributed by atoms with Crippen molar-refractivity contribution in [1.29, 1.82) is 0 Å². The van der Waals surface area contributed by atoms with Crippen molar-refractivity contribution < 1.29 is 4.42 Å². The highest BCUT2D eigenvalue weighted by atomic mass is 32.1. The van der Waals surface area contributed by atoms with E-state index >= 15 is 0 Å². The molecule has 0 fully saturated rings. The second kappa shape index (κ2) is 11.6. The molecule has 10 aromatic rings. The number of para-hydroxylation sites is 1. The molecule has 50 heavy (non-hydrogen) atoms. The molecule has 0 atom stereocenters. The topological polar surface area (TPSA) is 51.8 Å². The van der Waals surface area contributed by atoms with Gasteiger partial charge in [-0.05, 0) is 53.1 Å². The van der Waals surface area contributed by atoms with E-state index in [2.05, 4.69) is 91.0 Å². The van der Waals surface area contributed by atoms with Gasteiger partial charge < -0.3 is 4.42 Å². The van der Waals surface area contributed by atoms with Gasteiger partial charge >= 0.3 is 0 Å². The third-order valence-electron chi connectivity index (χ3n) is 9.33. The quantitative estimate of drug-likeness (QED) is 0.185. The number of fused-ring (bicyclic) bond motifs is 6. The number of aromatic nitrogens is 3. The average molecular weight is 658 g/mol. The van der Waals surface area contributed by atoms with Crippen molar-refractivity contribution in [2.45, 2.75) is 0 Å². The summed E-state index contributed by atoms with van der Waals surface area (Å²) in [5, 5.41) is 4.64. The Hall–Kier alpha value is -6.43. The molecule has 0 unspecified atom stereocenters. The molecule has 0 N–H and O–H groups in total. The van der Waals surface area contributed by atoms with E-state index in [0.29, 0.717) is 17.5 Å². The Kier molecular flexibility index (Phi) is 6.64. The summed E-state index contributed by atoms with van der Waals surface area (Å²) in [6.07, 6.45) is 0. The second-order valence-corrected chi connectivity index (χ2v) is 13.5. The van der Waals surface area contributed by atoms with Gasteiger partial charge in [0.2, 0.25) is 0 Å². The van der Waals surface area contributed by atoms with Crippen molar-refractivity contribution >= 4 is 53.4 Å². The molecule has 4 nitrogen and oxygen atoms in total. The maximum Gasteiger partial charge on any atom is 0.165 e. The van der Waals surface area contributed by atoms with Gasteiger partial charge in [0.05, 0.1) is 0 Å². The van der Waals surface area contributed by atoms with Crippen molar-refractivity contribution in [3.63, 3.8) is 0 Å². The van der Waals surface area contributed by atoms with Crippen LogP contribution in [0.4, 0.5) is 0 Å². The largest absolute Gasteiger partial charge is 0.455 e. The molecule has 0 aliphatic heterocycles. The predicted molar refractivity (Wildman–Crippen MR) is 207 cm³/mol. The fourth-order valence-electron chi connectivity index (χ4n) is 6.91. The van der Waals surface area contributed by atoms with E-state index in [1.54, 1.807) is 11.3 Å². The molecule has 5 heteroatoms. The first kappa shape index (κ1) is 28.6. The zero-order valence-corrected chi connectivity index (χ0v) is 27.6. The van der Waals surface area contributed by atoms with Gasteiger partial charge in [-0.3, -0.25) is 0 Å². The number of benzene rings is 7. The van der Waals surface area contributed by atoms with Crippen molar-refractivity contribution in [3.05, 3.63) is 164 Å². The van der Waals surface area contributed by atoms with Crippen LogP contribution in [0.3, 0.4) is 0 Å². The van der Waals surface area contributed by atoms with Gasteiger partial charge in [-0.15, -0.1) is 11.3 Å². The summed E-state index contributed by atoms with van der Waals surface area (Å²) in [6.45, 7) is 0. The lowest BCUT2D eigenvalue weighted by Gasteiger charge is -2.09. The number of rotatable bonds is 5. The molecule has 234 valence electrons. The molecule has 10 rings (SSSR count). The minimum Gasteiger partial charge on any atom is -0.455 e. The fourth-order valence-corrected chi connectivity index (χ4v) is 8.10. The summed E-state index contributed by atoms with van der Waals surface area (Å²) in [7, 11) is 0. The molecule has 0 aliphatic carbocycles. The number of hydrogen-bond donors (Lipinski definition) is 0. The zero-order chi connectivity index (χ0) is 33.0. The van der Waals surface area contributed by atoms with E-state index in [9.17, 15) is 0 Å². The summed E-state index contributed by atoms with van der Waals surface area (Å²) >= 11 is 1.78.